The molecule has 126 valence electrons. The Bertz CT molecular complexity index is 470. The fraction of sp³-hybridized carbons (Fsp3) is 0.857. The zero-order valence-electron chi connectivity index (χ0n) is 13.9. The first-order valence-corrected chi connectivity index (χ1v) is 7.32. The van der Waals surface area contributed by atoms with Crippen molar-refractivity contribution in [1.82, 2.24) is 4.90 Å². The number of nitro groups is 1. The minimum Gasteiger partial charge on any atom is -0.459 e. The van der Waals surface area contributed by atoms with Gasteiger partial charge in [-0.25, -0.2) is 14.5 Å². The quantitative estimate of drug-likeness (QED) is 0.334. The summed E-state index contributed by atoms with van der Waals surface area (Å²) < 4.78 is 10.0. The highest BCUT2D eigenvalue weighted by molar-refractivity contribution is 5.91. The molecular weight excluding hydrogens is 292 g/mol. The van der Waals surface area contributed by atoms with Crippen LogP contribution in [0.3, 0.4) is 0 Å². The lowest BCUT2D eigenvalue weighted by atomic mass is 10.0. The van der Waals surface area contributed by atoms with Gasteiger partial charge >= 0.3 is 17.7 Å². The first-order valence-electron chi connectivity index (χ1n) is 7.32. The third kappa shape index (κ3) is 3.31. The molecular formula is C14H24N2O6. The molecule has 0 spiro atoms. The van der Waals surface area contributed by atoms with Gasteiger partial charge in [0.1, 0.15) is 11.6 Å². The SMILES string of the molecule is CCOC(=O)[C@]1([N+](=O)[O-])[C@@H](CC(C)C)N1C(=O)OC(C)(C)C. The first kappa shape index (κ1) is 18.2. The summed E-state index contributed by atoms with van der Waals surface area (Å²) in [6, 6.07) is -0.851. The van der Waals surface area contributed by atoms with Gasteiger partial charge in [-0.05, 0) is 40.0 Å². The molecule has 0 bridgehead atoms. The second-order valence-corrected chi connectivity index (χ2v) is 6.70. The van der Waals surface area contributed by atoms with Crippen molar-refractivity contribution in [3.05, 3.63) is 10.1 Å². The lowest BCUT2D eigenvalue weighted by Crippen LogP contribution is -2.43. The van der Waals surface area contributed by atoms with Gasteiger partial charge in [0.15, 0.2) is 0 Å². The fourth-order valence-corrected chi connectivity index (χ4v) is 2.39. The van der Waals surface area contributed by atoms with Crippen molar-refractivity contribution in [2.24, 2.45) is 5.92 Å². The van der Waals surface area contributed by atoms with Gasteiger partial charge in [-0.15, -0.1) is 0 Å². The number of amides is 1. The fourth-order valence-electron chi connectivity index (χ4n) is 2.39. The Hall–Kier alpha value is -1.86. The third-order valence-corrected chi connectivity index (χ3v) is 3.21. The molecule has 1 rings (SSSR count). The van der Waals surface area contributed by atoms with Crippen LogP contribution in [0.25, 0.3) is 0 Å². The molecule has 0 saturated carbocycles. The number of hydrogen-bond acceptors (Lipinski definition) is 6. The van der Waals surface area contributed by atoms with E-state index in [9.17, 15) is 19.7 Å². The number of esters is 1. The molecule has 0 aromatic rings. The Morgan fingerprint density at radius 3 is 2.27 bits per heavy atom. The van der Waals surface area contributed by atoms with Crippen LogP contribution in [0.4, 0.5) is 4.79 Å². The second-order valence-electron chi connectivity index (χ2n) is 6.70. The van der Waals surface area contributed by atoms with Crippen molar-refractivity contribution >= 4 is 12.1 Å². The van der Waals surface area contributed by atoms with Crippen LogP contribution in [0.2, 0.25) is 0 Å². The smallest absolute Gasteiger partial charge is 0.418 e. The van der Waals surface area contributed by atoms with E-state index >= 15 is 0 Å². The molecule has 1 fully saturated rings. The van der Waals surface area contributed by atoms with E-state index in [2.05, 4.69) is 0 Å². The van der Waals surface area contributed by atoms with Crippen molar-refractivity contribution in [3.63, 3.8) is 0 Å². The predicted octanol–water partition coefficient (Wildman–Crippen LogP) is 2.19. The van der Waals surface area contributed by atoms with Crippen LogP contribution >= 0.6 is 0 Å². The molecule has 0 aliphatic carbocycles. The Morgan fingerprint density at radius 1 is 1.36 bits per heavy atom. The molecule has 1 amide bonds. The van der Waals surface area contributed by atoms with Gasteiger partial charge in [0.05, 0.1) is 11.5 Å². The molecule has 2 atom stereocenters. The standard InChI is InChI=1S/C14H24N2O6/c1-7-21-11(17)14(16(19)20)10(8-9(2)3)15(14)12(18)22-13(4,5)6/h9-10H,7-8H2,1-6H3/t10-,14-,15?/m1/s1. The van der Waals surface area contributed by atoms with E-state index in [4.69, 9.17) is 9.47 Å². The molecule has 8 heteroatoms. The summed E-state index contributed by atoms with van der Waals surface area (Å²) in [5.74, 6) is -0.942. The van der Waals surface area contributed by atoms with Crippen LogP contribution in [-0.2, 0) is 14.3 Å². The van der Waals surface area contributed by atoms with Gasteiger partial charge in [0, 0.05) is 0 Å². The summed E-state index contributed by atoms with van der Waals surface area (Å²) in [6.45, 7) is 10.3. The van der Waals surface area contributed by atoms with Gasteiger partial charge in [0.2, 0.25) is 0 Å². The normalized spacial score (nSPS) is 24.1. The predicted molar refractivity (Wildman–Crippen MR) is 77.7 cm³/mol. The van der Waals surface area contributed by atoms with E-state index in [0.29, 0.717) is 6.42 Å². The second kappa shape index (κ2) is 6.10. The van der Waals surface area contributed by atoms with Crippen LogP contribution in [-0.4, -0.2) is 45.8 Å². The average molecular weight is 316 g/mol. The lowest BCUT2D eigenvalue weighted by molar-refractivity contribution is -0.536. The van der Waals surface area contributed by atoms with E-state index in [1.807, 2.05) is 13.8 Å². The average Bonchev–Trinajstić information content (AvgIpc) is 2.95. The molecule has 0 radical (unpaired) electrons. The van der Waals surface area contributed by atoms with Gasteiger partial charge in [-0.3, -0.25) is 10.1 Å². The largest absolute Gasteiger partial charge is 0.459 e. The first-order chi connectivity index (χ1) is 9.98. The molecule has 0 aromatic carbocycles. The van der Waals surface area contributed by atoms with E-state index in [0.717, 1.165) is 4.90 Å². The van der Waals surface area contributed by atoms with Gasteiger partial charge in [0.25, 0.3) is 0 Å². The van der Waals surface area contributed by atoms with Crippen molar-refractivity contribution in [3.8, 4) is 0 Å². The zero-order chi connectivity index (χ0) is 17.3. The monoisotopic (exact) mass is 316 g/mol. The number of carbonyl (C=O) groups excluding carboxylic acids is 2. The number of carbonyl (C=O) groups is 2. The van der Waals surface area contributed by atoms with Crippen molar-refractivity contribution in [2.45, 2.75) is 65.3 Å². The highest BCUT2D eigenvalue weighted by atomic mass is 16.7. The zero-order valence-corrected chi connectivity index (χ0v) is 13.9. The van der Waals surface area contributed by atoms with Gasteiger partial charge < -0.3 is 9.47 Å². The summed E-state index contributed by atoms with van der Waals surface area (Å²) >= 11 is 0. The number of ether oxygens (including phenoxy) is 2. The van der Waals surface area contributed by atoms with E-state index in [1.165, 1.54) is 0 Å². The number of hydrogen-bond donors (Lipinski definition) is 0. The molecule has 8 nitrogen and oxygen atoms in total. The van der Waals surface area contributed by atoms with Crippen LogP contribution in [0.5, 0.6) is 0 Å². The van der Waals surface area contributed by atoms with Crippen molar-refractivity contribution < 1.29 is 24.0 Å². The molecule has 22 heavy (non-hydrogen) atoms. The van der Waals surface area contributed by atoms with Crippen LogP contribution < -0.4 is 0 Å². The van der Waals surface area contributed by atoms with Gasteiger partial charge in [-0.2, -0.15) is 0 Å². The van der Waals surface area contributed by atoms with Crippen LogP contribution in [0, 0.1) is 16.0 Å². The lowest BCUT2D eigenvalue weighted by Gasteiger charge is -2.20. The molecule has 1 aliphatic rings. The summed E-state index contributed by atoms with van der Waals surface area (Å²) in [6.07, 6.45) is -0.554. The maximum absolute atomic E-state index is 12.2. The van der Waals surface area contributed by atoms with E-state index < -0.39 is 34.3 Å². The molecule has 0 N–H and O–H groups in total. The Kier molecular flexibility index (Phi) is 5.04. The molecule has 1 aliphatic heterocycles. The molecule has 0 aromatic heterocycles. The van der Waals surface area contributed by atoms with E-state index in [1.54, 1.807) is 27.7 Å². The minimum absolute atomic E-state index is 0.00494. The molecule has 0 unspecified atom stereocenters. The van der Waals surface area contributed by atoms with Crippen LogP contribution in [0.15, 0.2) is 0 Å². The maximum Gasteiger partial charge on any atom is 0.418 e. The van der Waals surface area contributed by atoms with Crippen molar-refractivity contribution in [2.75, 3.05) is 6.61 Å². The van der Waals surface area contributed by atoms with Crippen molar-refractivity contribution in [1.29, 1.82) is 0 Å². The maximum atomic E-state index is 12.2. The summed E-state index contributed by atoms with van der Waals surface area (Å²) in [7, 11) is 0. The Morgan fingerprint density at radius 2 is 1.91 bits per heavy atom. The summed E-state index contributed by atoms with van der Waals surface area (Å²) in [5.41, 5.74) is -2.97. The van der Waals surface area contributed by atoms with E-state index in [-0.39, 0.29) is 12.5 Å². The highest BCUT2D eigenvalue weighted by Crippen LogP contribution is 2.47. The number of nitrogens with zero attached hydrogens (tertiary/aromatic N) is 2. The minimum atomic E-state index is -2.16. The summed E-state index contributed by atoms with van der Waals surface area (Å²) in [5, 5.41) is 11.5. The Balaban J connectivity index is 3.13. The highest BCUT2D eigenvalue weighted by Gasteiger charge is 2.83. The topological polar surface area (TPSA) is 98.8 Å². The molecule has 1 saturated heterocycles. The van der Waals surface area contributed by atoms with Crippen LogP contribution in [0.1, 0.15) is 48.0 Å². The molecule has 1 heterocycles. The third-order valence-electron chi connectivity index (χ3n) is 3.21. The number of rotatable bonds is 5. The Labute approximate surface area is 129 Å². The summed E-state index contributed by atoms with van der Waals surface area (Å²) in [4.78, 5) is 36.0. The van der Waals surface area contributed by atoms with Gasteiger partial charge in [-0.1, -0.05) is 13.8 Å².